The second-order valence-corrected chi connectivity index (χ2v) is 9.75. The number of para-hydroxylation sites is 1. The maximum atomic E-state index is 14.7. The van der Waals surface area contributed by atoms with E-state index in [1.807, 2.05) is 25.7 Å². The molecule has 0 spiro atoms. The Kier molecular flexibility index (Phi) is 6.43. The van der Waals surface area contributed by atoms with Crippen molar-refractivity contribution in [1.82, 2.24) is 34.8 Å². The van der Waals surface area contributed by atoms with E-state index < -0.39 is 17.0 Å². The van der Waals surface area contributed by atoms with Crippen molar-refractivity contribution in [3.8, 4) is 22.7 Å². The van der Waals surface area contributed by atoms with Crippen molar-refractivity contribution in [3.63, 3.8) is 0 Å². The standard InChI is InChI=1S/C25H27FN8O4/c1-25(2,3)38-24(36)33-10-8-32(9-11-33)23-27-13-15(14-28-23)20-21-17(29-30-20)12-19(35)34(31-21)22-16(26)6-5-7-18(22)37-4/h5-7,12-14,29H,8-11H2,1-4H3. The molecule has 1 aliphatic heterocycles. The van der Waals surface area contributed by atoms with Crippen molar-refractivity contribution >= 4 is 23.1 Å². The highest BCUT2D eigenvalue weighted by Crippen LogP contribution is 2.27. The third-order valence-corrected chi connectivity index (χ3v) is 5.95. The summed E-state index contributed by atoms with van der Waals surface area (Å²) in [5.41, 5.74) is 0.514. The third kappa shape index (κ3) is 4.86. The van der Waals surface area contributed by atoms with Crippen LogP contribution in [-0.2, 0) is 4.74 Å². The Morgan fingerprint density at radius 3 is 2.47 bits per heavy atom. The fraction of sp³-hybridized carbons (Fsp3) is 0.360. The molecule has 5 rings (SSSR count). The van der Waals surface area contributed by atoms with Crippen LogP contribution >= 0.6 is 0 Å². The largest absolute Gasteiger partial charge is 0.494 e. The number of nitrogens with zero attached hydrogens (tertiary/aromatic N) is 7. The lowest BCUT2D eigenvalue weighted by Gasteiger charge is -2.35. The Morgan fingerprint density at radius 1 is 1.11 bits per heavy atom. The number of carbonyl (C=O) groups excluding carboxylic acids is 1. The molecular weight excluding hydrogens is 495 g/mol. The van der Waals surface area contributed by atoms with Gasteiger partial charge in [0.2, 0.25) is 5.95 Å². The number of H-pyrrole nitrogens is 1. The smallest absolute Gasteiger partial charge is 0.410 e. The van der Waals surface area contributed by atoms with Crippen molar-refractivity contribution in [2.45, 2.75) is 26.4 Å². The number of halogens is 1. The van der Waals surface area contributed by atoms with Crippen LogP contribution in [0.3, 0.4) is 0 Å². The summed E-state index contributed by atoms with van der Waals surface area (Å²) in [6.45, 7) is 7.61. The molecule has 1 amide bonds. The lowest BCUT2D eigenvalue weighted by molar-refractivity contribution is 0.0240. The van der Waals surface area contributed by atoms with E-state index in [4.69, 9.17) is 9.47 Å². The van der Waals surface area contributed by atoms with Gasteiger partial charge in [-0.15, -0.1) is 0 Å². The van der Waals surface area contributed by atoms with E-state index >= 15 is 0 Å². The predicted octanol–water partition coefficient (Wildman–Crippen LogP) is 2.77. The minimum atomic E-state index is -0.650. The van der Waals surface area contributed by atoms with Crippen LogP contribution in [0.1, 0.15) is 20.8 Å². The summed E-state index contributed by atoms with van der Waals surface area (Å²) in [4.78, 5) is 37.7. The SMILES string of the molecule is COc1cccc(F)c1-n1nc2c(-c3cnc(N4CCN(C(=O)OC(C)(C)C)CC4)nc3)n[nH]c2cc1=O. The number of methoxy groups -OCH3 is 1. The first-order chi connectivity index (χ1) is 18.1. The molecule has 4 aromatic rings. The molecule has 38 heavy (non-hydrogen) atoms. The summed E-state index contributed by atoms with van der Waals surface area (Å²) in [7, 11) is 1.39. The number of amides is 1. The molecule has 1 N–H and O–H groups in total. The number of nitrogens with one attached hydrogen (secondary N) is 1. The molecule has 1 saturated heterocycles. The lowest BCUT2D eigenvalue weighted by atomic mass is 10.2. The molecule has 1 fully saturated rings. The minimum absolute atomic E-state index is 0.0915. The highest BCUT2D eigenvalue weighted by atomic mass is 19.1. The fourth-order valence-electron chi connectivity index (χ4n) is 4.13. The molecule has 4 heterocycles. The Morgan fingerprint density at radius 2 is 1.82 bits per heavy atom. The minimum Gasteiger partial charge on any atom is -0.494 e. The molecule has 198 valence electrons. The first-order valence-electron chi connectivity index (χ1n) is 12.0. The monoisotopic (exact) mass is 522 g/mol. The number of hydrogen-bond acceptors (Lipinski definition) is 9. The van der Waals surface area contributed by atoms with Crippen molar-refractivity contribution in [2.75, 3.05) is 38.2 Å². The second kappa shape index (κ2) is 9.72. The molecule has 0 saturated carbocycles. The topological polar surface area (TPSA) is 131 Å². The number of benzene rings is 1. The van der Waals surface area contributed by atoms with Gasteiger partial charge in [0.1, 0.15) is 28.2 Å². The van der Waals surface area contributed by atoms with Gasteiger partial charge in [0, 0.05) is 50.2 Å². The molecule has 0 aliphatic carbocycles. The van der Waals surface area contributed by atoms with Crippen LogP contribution in [0, 0.1) is 5.82 Å². The number of hydrogen-bond donors (Lipinski definition) is 1. The molecule has 3 aromatic heterocycles. The first-order valence-corrected chi connectivity index (χ1v) is 12.0. The number of fused-ring (bicyclic) bond motifs is 1. The fourth-order valence-corrected chi connectivity index (χ4v) is 4.13. The number of aromatic amines is 1. The first kappa shape index (κ1) is 25.1. The summed E-state index contributed by atoms with van der Waals surface area (Å²) >= 11 is 0. The lowest BCUT2D eigenvalue weighted by Crippen LogP contribution is -2.50. The molecule has 12 nitrogen and oxygen atoms in total. The summed E-state index contributed by atoms with van der Waals surface area (Å²) in [5, 5.41) is 11.5. The van der Waals surface area contributed by atoms with Crippen molar-refractivity contribution in [2.24, 2.45) is 0 Å². The van der Waals surface area contributed by atoms with Crippen molar-refractivity contribution < 1.29 is 18.7 Å². The molecule has 0 atom stereocenters. The predicted molar refractivity (Wildman–Crippen MR) is 137 cm³/mol. The van der Waals surface area contributed by atoms with Gasteiger partial charge in [-0.3, -0.25) is 9.89 Å². The van der Waals surface area contributed by atoms with Crippen LogP contribution in [0.15, 0.2) is 41.5 Å². The molecule has 1 aromatic carbocycles. The van der Waals surface area contributed by atoms with Gasteiger partial charge in [-0.05, 0) is 32.9 Å². The maximum absolute atomic E-state index is 14.7. The summed E-state index contributed by atoms with van der Waals surface area (Å²) in [6, 6.07) is 5.56. The Labute approximate surface area is 217 Å². The zero-order chi connectivity index (χ0) is 27.0. The molecule has 0 radical (unpaired) electrons. The normalized spacial score (nSPS) is 14.1. The van der Waals surface area contributed by atoms with E-state index in [9.17, 15) is 14.0 Å². The van der Waals surface area contributed by atoms with Crippen molar-refractivity contribution in [1.29, 1.82) is 0 Å². The van der Waals surface area contributed by atoms with E-state index in [2.05, 4.69) is 25.3 Å². The van der Waals surface area contributed by atoms with Gasteiger partial charge in [0.05, 0.1) is 12.6 Å². The van der Waals surface area contributed by atoms with Gasteiger partial charge in [0.25, 0.3) is 5.56 Å². The van der Waals surface area contributed by atoms with Gasteiger partial charge in [0.15, 0.2) is 5.82 Å². The summed E-state index contributed by atoms with van der Waals surface area (Å²) in [6.07, 6.45) is 2.88. The van der Waals surface area contributed by atoms with Crippen LogP contribution in [0.5, 0.6) is 5.75 Å². The Hall–Kier alpha value is -4.55. The van der Waals surface area contributed by atoms with E-state index in [1.165, 1.54) is 25.3 Å². The second-order valence-electron chi connectivity index (χ2n) is 9.75. The average molecular weight is 523 g/mol. The van der Waals surface area contributed by atoms with Gasteiger partial charge in [-0.2, -0.15) is 14.9 Å². The van der Waals surface area contributed by atoms with Gasteiger partial charge in [-0.25, -0.2) is 19.2 Å². The molecular formula is C25H27FN8O4. The van der Waals surface area contributed by atoms with Crippen LogP contribution in [-0.4, -0.2) is 79.8 Å². The van der Waals surface area contributed by atoms with E-state index in [0.29, 0.717) is 54.4 Å². The number of rotatable bonds is 4. The molecule has 1 aliphatic rings. The molecule has 13 heteroatoms. The van der Waals surface area contributed by atoms with Crippen molar-refractivity contribution in [3.05, 3.63) is 52.8 Å². The van der Waals surface area contributed by atoms with Gasteiger partial charge >= 0.3 is 6.09 Å². The third-order valence-electron chi connectivity index (χ3n) is 5.95. The Balaban J connectivity index is 1.38. The van der Waals surface area contributed by atoms with E-state index in [-0.39, 0.29) is 17.5 Å². The van der Waals surface area contributed by atoms with Crippen LogP contribution in [0.2, 0.25) is 0 Å². The number of aromatic nitrogens is 6. The zero-order valence-electron chi connectivity index (χ0n) is 21.4. The van der Waals surface area contributed by atoms with E-state index in [1.54, 1.807) is 23.4 Å². The molecule has 0 unspecified atom stereocenters. The highest BCUT2D eigenvalue weighted by Gasteiger charge is 2.27. The number of ether oxygens (including phenoxy) is 2. The zero-order valence-corrected chi connectivity index (χ0v) is 21.4. The molecule has 0 bridgehead atoms. The average Bonchev–Trinajstić information content (AvgIpc) is 3.30. The van der Waals surface area contributed by atoms with E-state index in [0.717, 1.165) is 4.68 Å². The quantitative estimate of drug-likeness (QED) is 0.430. The van der Waals surface area contributed by atoms with Gasteiger partial charge in [-0.1, -0.05) is 6.07 Å². The maximum Gasteiger partial charge on any atom is 0.410 e. The Bertz CT molecular complexity index is 1540. The number of anilines is 1. The van der Waals surface area contributed by atoms with Crippen LogP contribution < -0.4 is 15.2 Å². The summed E-state index contributed by atoms with van der Waals surface area (Å²) < 4.78 is 26.3. The number of piperazine rings is 1. The number of carbonyl (C=O) groups is 1. The van der Waals surface area contributed by atoms with Gasteiger partial charge < -0.3 is 19.3 Å². The summed E-state index contributed by atoms with van der Waals surface area (Å²) in [5.74, 6) is 0.0321. The highest BCUT2D eigenvalue weighted by molar-refractivity contribution is 5.88. The van der Waals surface area contributed by atoms with Crippen LogP contribution in [0.4, 0.5) is 15.1 Å². The van der Waals surface area contributed by atoms with Crippen LogP contribution in [0.25, 0.3) is 28.0 Å².